The Labute approximate surface area is 122 Å². The monoisotopic (exact) mass is 294 g/mol. The van der Waals surface area contributed by atoms with E-state index in [1.54, 1.807) is 13.8 Å². The van der Waals surface area contributed by atoms with Gasteiger partial charge in [-0.1, -0.05) is 0 Å². The van der Waals surface area contributed by atoms with E-state index in [9.17, 15) is 14.4 Å². The number of carboxylic acid groups (broad SMARTS) is 1. The summed E-state index contributed by atoms with van der Waals surface area (Å²) in [6.45, 7) is 2.87. The molecular weight excluding hydrogens is 276 g/mol. The van der Waals surface area contributed by atoms with E-state index in [1.165, 1.54) is 29.2 Å². The molecular formula is C14H18N2O5. The summed E-state index contributed by atoms with van der Waals surface area (Å²) >= 11 is 0. The molecule has 2 amide bonds. The van der Waals surface area contributed by atoms with Crippen molar-refractivity contribution in [1.29, 1.82) is 0 Å². The molecule has 0 atom stereocenters. The summed E-state index contributed by atoms with van der Waals surface area (Å²) in [5.74, 6) is -1.64. The van der Waals surface area contributed by atoms with Crippen LogP contribution >= 0.6 is 0 Å². The van der Waals surface area contributed by atoms with Crippen molar-refractivity contribution >= 4 is 17.8 Å². The second kappa shape index (κ2) is 7.28. The minimum Gasteiger partial charge on any atom is -0.484 e. The maximum atomic E-state index is 12.2. The van der Waals surface area contributed by atoms with Crippen molar-refractivity contribution in [2.75, 3.05) is 13.2 Å². The number of nitrogens with zero attached hydrogens (tertiary/aromatic N) is 1. The number of benzene rings is 1. The van der Waals surface area contributed by atoms with E-state index in [2.05, 4.69) is 0 Å². The average Bonchev–Trinajstić information content (AvgIpc) is 2.42. The van der Waals surface area contributed by atoms with Crippen LogP contribution in [0, 0.1) is 0 Å². The maximum absolute atomic E-state index is 12.2. The molecule has 0 aromatic heterocycles. The molecule has 0 unspecified atom stereocenters. The summed E-state index contributed by atoms with van der Waals surface area (Å²) in [7, 11) is 0. The lowest BCUT2D eigenvalue weighted by Crippen LogP contribution is -2.40. The molecule has 7 heteroatoms. The maximum Gasteiger partial charge on any atom is 0.323 e. The van der Waals surface area contributed by atoms with E-state index >= 15 is 0 Å². The molecule has 3 N–H and O–H groups in total. The van der Waals surface area contributed by atoms with Crippen molar-refractivity contribution in [3.05, 3.63) is 29.8 Å². The van der Waals surface area contributed by atoms with Gasteiger partial charge in [-0.3, -0.25) is 14.4 Å². The number of primary amides is 1. The first-order valence-electron chi connectivity index (χ1n) is 6.35. The average molecular weight is 294 g/mol. The number of carboxylic acids is 1. The summed E-state index contributed by atoms with van der Waals surface area (Å²) in [6, 6.07) is 5.83. The molecule has 1 aromatic carbocycles. The van der Waals surface area contributed by atoms with Gasteiger partial charge in [0.1, 0.15) is 12.3 Å². The number of aliphatic carboxylic acids is 1. The number of nitrogens with two attached hydrogens (primary N) is 1. The fourth-order valence-electron chi connectivity index (χ4n) is 1.65. The van der Waals surface area contributed by atoms with Gasteiger partial charge in [0.25, 0.3) is 11.8 Å². The van der Waals surface area contributed by atoms with E-state index in [0.717, 1.165) is 0 Å². The molecule has 0 aliphatic carbocycles. The first-order chi connectivity index (χ1) is 9.81. The smallest absolute Gasteiger partial charge is 0.323 e. The Morgan fingerprint density at radius 2 is 1.81 bits per heavy atom. The predicted molar refractivity (Wildman–Crippen MR) is 74.9 cm³/mol. The first kappa shape index (κ1) is 16.5. The van der Waals surface area contributed by atoms with Crippen molar-refractivity contribution in [3.8, 4) is 5.75 Å². The fourth-order valence-corrected chi connectivity index (χ4v) is 1.65. The SMILES string of the molecule is CC(C)N(CC(=O)O)C(=O)c1ccc(OCC(N)=O)cc1. The molecule has 114 valence electrons. The van der Waals surface area contributed by atoms with Gasteiger partial charge in [-0.25, -0.2) is 0 Å². The summed E-state index contributed by atoms with van der Waals surface area (Å²) in [6.07, 6.45) is 0. The summed E-state index contributed by atoms with van der Waals surface area (Å²) in [5, 5.41) is 8.84. The molecule has 1 rings (SSSR count). The van der Waals surface area contributed by atoms with Crippen LogP contribution in [0.1, 0.15) is 24.2 Å². The van der Waals surface area contributed by atoms with Crippen molar-refractivity contribution in [3.63, 3.8) is 0 Å². The molecule has 0 spiro atoms. The van der Waals surface area contributed by atoms with Crippen LogP contribution in [0.3, 0.4) is 0 Å². The van der Waals surface area contributed by atoms with Gasteiger partial charge in [0.2, 0.25) is 0 Å². The van der Waals surface area contributed by atoms with Crippen LogP contribution < -0.4 is 10.5 Å². The lowest BCUT2D eigenvalue weighted by Gasteiger charge is -2.25. The molecule has 0 radical (unpaired) electrons. The normalized spacial score (nSPS) is 10.2. The Morgan fingerprint density at radius 3 is 2.24 bits per heavy atom. The van der Waals surface area contributed by atoms with Crippen molar-refractivity contribution in [2.45, 2.75) is 19.9 Å². The molecule has 0 heterocycles. The van der Waals surface area contributed by atoms with Gasteiger partial charge in [0.05, 0.1) is 0 Å². The Bertz CT molecular complexity index is 525. The molecule has 1 aromatic rings. The van der Waals surface area contributed by atoms with Crippen molar-refractivity contribution in [1.82, 2.24) is 4.90 Å². The van der Waals surface area contributed by atoms with Crippen LogP contribution in [-0.2, 0) is 9.59 Å². The molecule has 0 saturated heterocycles. The van der Waals surface area contributed by atoms with Gasteiger partial charge in [-0.15, -0.1) is 0 Å². The zero-order valence-electron chi connectivity index (χ0n) is 11.9. The van der Waals surface area contributed by atoms with Crippen LogP contribution in [-0.4, -0.2) is 47.0 Å². The predicted octanol–water partition coefficient (Wildman–Crippen LogP) is 0.486. The minimum atomic E-state index is -1.07. The van der Waals surface area contributed by atoms with Crippen molar-refractivity contribution in [2.24, 2.45) is 5.73 Å². The van der Waals surface area contributed by atoms with E-state index in [0.29, 0.717) is 11.3 Å². The summed E-state index contributed by atoms with van der Waals surface area (Å²) in [4.78, 5) is 34.9. The fraction of sp³-hybridized carbons (Fsp3) is 0.357. The van der Waals surface area contributed by atoms with Crippen LogP contribution in [0.5, 0.6) is 5.75 Å². The van der Waals surface area contributed by atoms with Crippen LogP contribution in [0.25, 0.3) is 0 Å². The second-order valence-electron chi connectivity index (χ2n) is 4.70. The molecule has 0 aliphatic heterocycles. The Kier molecular flexibility index (Phi) is 5.71. The molecule has 0 aliphatic rings. The van der Waals surface area contributed by atoms with E-state index in [-0.39, 0.29) is 25.1 Å². The third kappa shape index (κ3) is 5.13. The number of carbonyl (C=O) groups excluding carboxylic acids is 2. The molecule has 0 saturated carbocycles. The minimum absolute atomic E-state index is 0.237. The number of carbonyl (C=O) groups is 3. The van der Waals surface area contributed by atoms with E-state index in [4.69, 9.17) is 15.6 Å². The van der Waals surface area contributed by atoms with Gasteiger partial charge in [-0.2, -0.15) is 0 Å². The van der Waals surface area contributed by atoms with Crippen molar-refractivity contribution < 1.29 is 24.2 Å². The highest BCUT2D eigenvalue weighted by molar-refractivity contribution is 5.96. The zero-order chi connectivity index (χ0) is 16.0. The number of amides is 2. The Hall–Kier alpha value is -2.57. The largest absolute Gasteiger partial charge is 0.484 e. The van der Waals surface area contributed by atoms with Crippen LogP contribution in [0.15, 0.2) is 24.3 Å². The summed E-state index contributed by atoms with van der Waals surface area (Å²) < 4.78 is 5.08. The van der Waals surface area contributed by atoms with Gasteiger partial charge >= 0.3 is 5.97 Å². The third-order valence-electron chi connectivity index (χ3n) is 2.67. The number of ether oxygens (including phenoxy) is 1. The first-order valence-corrected chi connectivity index (χ1v) is 6.35. The van der Waals surface area contributed by atoms with Crippen LogP contribution in [0.4, 0.5) is 0 Å². The lowest BCUT2D eigenvalue weighted by molar-refractivity contribution is -0.138. The van der Waals surface area contributed by atoms with Crippen LogP contribution in [0.2, 0.25) is 0 Å². The van der Waals surface area contributed by atoms with Gasteiger partial charge in [-0.05, 0) is 38.1 Å². The van der Waals surface area contributed by atoms with Gasteiger partial charge < -0.3 is 20.5 Å². The molecule has 21 heavy (non-hydrogen) atoms. The zero-order valence-corrected chi connectivity index (χ0v) is 11.9. The summed E-state index contributed by atoms with van der Waals surface area (Å²) in [5.41, 5.74) is 5.30. The highest BCUT2D eigenvalue weighted by Crippen LogP contribution is 2.15. The standard InChI is InChI=1S/C14H18N2O5/c1-9(2)16(7-13(18)19)14(20)10-3-5-11(6-4-10)21-8-12(15)17/h3-6,9H,7-8H2,1-2H3,(H2,15,17)(H,18,19). The lowest BCUT2D eigenvalue weighted by atomic mass is 10.1. The Balaban J connectivity index is 2.81. The highest BCUT2D eigenvalue weighted by Gasteiger charge is 2.21. The van der Waals surface area contributed by atoms with E-state index in [1.807, 2.05) is 0 Å². The second-order valence-corrected chi connectivity index (χ2v) is 4.70. The molecule has 0 bridgehead atoms. The molecule has 7 nitrogen and oxygen atoms in total. The topological polar surface area (TPSA) is 110 Å². The number of hydrogen-bond donors (Lipinski definition) is 2. The van der Waals surface area contributed by atoms with Gasteiger partial charge in [0, 0.05) is 11.6 Å². The number of rotatable bonds is 7. The quantitative estimate of drug-likeness (QED) is 0.760. The highest BCUT2D eigenvalue weighted by atomic mass is 16.5. The molecule has 0 fully saturated rings. The number of hydrogen-bond acceptors (Lipinski definition) is 4. The van der Waals surface area contributed by atoms with Gasteiger partial charge in [0.15, 0.2) is 6.61 Å². The third-order valence-corrected chi connectivity index (χ3v) is 2.67. The van der Waals surface area contributed by atoms with E-state index < -0.39 is 11.9 Å². The Morgan fingerprint density at radius 1 is 1.24 bits per heavy atom.